The number of aromatic nitrogens is 1. The van der Waals surface area contributed by atoms with Crippen molar-refractivity contribution >= 4 is 17.4 Å². The first-order valence-corrected chi connectivity index (χ1v) is 7.95. The summed E-state index contributed by atoms with van der Waals surface area (Å²) in [5.41, 5.74) is 2.44. The maximum atomic E-state index is 13.3. The molecule has 1 aromatic heterocycles. The molecule has 1 saturated heterocycles. The van der Waals surface area contributed by atoms with Gasteiger partial charge in [-0.1, -0.05) is 12.1 Å². The van der Waals surface area contributed by atoms with Gasteiger partial charge in [0.25, 0.3) is 5.91 Å². The molecule has 1 aromatic carbocycles. The molecule has 1 amide bonds. The molecule has 5 heteroatoms. The van der Waals surface area contributed by atoms with E-state index in [9.17, 15) is 9.18 Å². The maximum absolute atomic E-state index is 13.3. The van der Waals surface area contributed by atoms with Gasteiger partial charge in [-0.3, -0.25) is 4.79 Å². The van der Waals surface area contributed by atoms with Crippen LogP contribution in [0.15, 0.2) is 29.6 Å². The molecule has 3 rings (SSSR count). The van der Waals surface area contributed by atoms with Gasteiger partial charge in [0.2, 0.25) is 0 Å². The van der Waals surface area contributed by atoms with Gasteiger partial charge < -0.3 is 4.90 Å². The second-order valence-corrected chi connectivity index (χ2v) is 6.07. The Kier molecular flexibility index (Phi) is 4.01. The van der Waals surface area contributed by atoms with Gasteiger partial charge in [-0.05, 0) is 55.4 Å². The predicted octanol–water partition coefficient (Wildman–Crippen LogP) is 3.44. The molecule has 1 aliphatic rings. The number of nitrogens with zero attached hydrogens (tertiary/aromatic N) is 2. The highest BCUT2D eigenvalue weighted by Gasteiger charge is 2.30. The van der Waals surface area contributed by atoms with E-state index in [1.807, 2.05) is 23.3 Å². The van der Waals surface area contributed by atoms with Crippen LogP contribution in [-0.4, -0.2) is 27.8 Å². The van der Waals surface area contributed by atoms with Gasteiger partial charge in [0, 0.05) is 18.0 Å². The Hall–Kier alpha value is -1.75. The number of hydrogen-bond donors (Lipinski definition) is 0. The molecule has 2 heterocycles. The van der Waals surface area contributed by atoms with Crippen LogP contribution in [0, 0.1) is 12.7 Å². The highest BCUT2D eigenvalue weighted by molar-refractivity contribution is 7.03. The molecular formula is C16H17FN2OS. The third-order valence-corrected chi connectivity index (χ3v) is 4.70. The molecule has 1 atom stereocenters. The third-order valence-electron chi connectivity index (χ3n) is 3.98. The molecule has 0 bridgehead atoms. The van der Waals surface area contributed by atoms with E-state index in [1.54, 1.807) is 12.1 Å². The summed E-state index contributed by atoms with van der Waals surface area (Å²) in [6, 6.07) is 6.79. The Bertz CT molecular complexity index is 655. The Balaban J connectivity index is 1.77. The third kappa shape index (κ3) is 2.97. The number of carbonyl (C=O) groups excluding carboxylic acids is 1. The van der Waals surface area contributed by atoms with E-state index >= 15 is 0 Å². The van der Waals surface area contributed by atoms with Gasteiger partial charge in [-0.15, -0.1) is 0 Å². The monoisotopic (exact) mass is 304 g/mol. The lowest BCUT2D eigenvalue weighted by Crippen LogP contribution is -2.37. The van der Waals surface area contributed by atoms with Crippen molar-refractivity contribution in [3.63, 3.8) is 0 Å². The Morgan fingerprint density at radius 1 is 1.52 bits per heavy atom. The topological polar surface area (TPSA) is 33.2 Å². The fourth-order valence-corrected chi connectivity index (χ4v) is 3.59. The van der Waals surface area contributed by atoms with Crippen LogP contribution >= 0.6 is 11.5 Å². The SMILES string of the molecule is Cc1nscc1C(=O)N1CCCC1Cc1cccc(F)c1. The van der Waals surface area contributed by atoms with Crippen molar-refractivity contribution in [2.24, 2.45) is 0 Å². The fourth-order valence-electron chi connectivity index (χ4n) is 2.90. The second kappa shape index (κ2) is 5.93. The lowest BCUT2D eigenvalue weighted by atomic mass is 10.0. The van der Waals surface area contributed by atoms with Gasteiger partial charge in [0.05, 0.1) is 11.3 Å². The van der Waals surface area contributed by atoms with Crippen LogP contribution in [0.5, 0.6) is 0 Å². The van der Waals surface area contributed by atoms with Crippen LogP contribution in [0.2, 0.25) is 0 Å². The summed E-state index contributed by atoms with van der Waals surface area (Å²) in [5, 5.41) is 1.81. The zero-order valence-electron chi connectivity index (χ0n) is 11.9. The van der Waals surface area contributed by atoms with Gasteiger partial charge in [0.15, 0.2) is 0 Å². The lowest BCUT2D eigenvalue weighted by molar-refractivity contribution is 0.0736. The molecule has 0 saturated carbocycles. The van der Waals surface area contributed by atoms with Gasteiger partial charge in [-0.2, -0.15) is 4.37 Å². The average molecular weight is 304 g/mol. The Morgan fingerprint density at radius 2 is 2.38 bits per heavy atom. The van der Waals surface area contributed by atoms with E-state index in [2.05, 4.69) is 4.37 Å². The number of hydrogen-bond acceptors (Lipinski definition) is 3. The summed E-state index contributed by atoms with van der Waals surface area (Å²) >= 11 is 1.31. The molecular weight excluding hydrogens is 287 g/mol. The quantitative estimate of drug-likeness (QED) is 0.870. The van der Waals surface area contributed by atoms with E-state index in [1.165, 1.54) is 17.6 Å². The number of benzene rings is 1. The summed E-state index contributed by atoms with van der Waals surface area (Å²) in [7, 11) is 0. The summed E-state index contributed by atoms with van der Waals surface area (Å²) in [6.45, 7) is 2.63. The van der Waals surface area contributed by atoms with Crippen LogP contribution in [0.25, 0.3) is 0 Å². The van der Waals surface area contributed by atoms with Crippen molar-refractivity contribution in [1.29, 1.82) is 0 Å². The average Bonchev–Trinajstić information content (AvgIpc) is 3.07. The summed E-state index contributed by atoms with van der Waals surface area (Å²) in [6.07, 6.45) is 2.68. The number of likely N-dealkylation sites (tertiary alicyclic amines) is 1. The number of rotatable bonds is 3. The van der Waals surface area contributed by atoms with E-state index in [0.29, 0.717) is 12.0 Å². The lowest BCUT2D eigenvalue weighted by Gasteiger charge is -2.24. The highest BCUT2D eigenvalue weighted by atomic mass is 32.1. The molecule has 1 fully saturated rings. The second-order valence-electron chi connectivity index (χ2n) is 5.44. The zero-order valence-corrected chi connectivity index (χ0v) is 12.7. The van der Waals surface area contributed by atoms with Crippen LogP contribution in [0.4, 0.5) is 4.39 Å². The highest BCUT2D eigenvalue weighted by Crippen LogP contribution is 2.25. The van der Waals surface area contributed by atoms with Crippen LogP contribution in [0.1, 0.15) is 34.5 Å². The van der Waals surface area contributed by atoms with Crippen molar-refractivity contribution in [1.82, 2.24) is 9.27 Å². The first-order valence-electron chi connectivity index (χ1n) is 7.11. The molecule has 0 radical (unpaired) electrons. The van der Waals surface area contributed by atoms with Crippen LogP contribution in [-0.2, 0) is 6.42 Å². The van der Waals surface area contributed by atoms with Crippen molar-refractivity contribution in [3.8, 4) is 0 Å². The van der Waals surface area contributed by atoms with Crippen molar-refractivity contribution in [2.45, 2.75) is 32.2 Å². The predicted molar refractivity (Wildman–Crippen MR) is 81.0 cm³/mol. The Morgan fingerprint density at radius 3 is 3.10 bits per heavy atom. The van der Waals surface area contributed by atoms with Crippen molar-refractivity contribution in [2.75, 3.05) is 6.54 Å². The fraction of sp³-hybridized carbons (Fsp3) is 0.375. The van der Waals surface area contributed by atoms with Crippen LogP contribution < -0.4 is 0 Å². The summed E-state index contributed by atoms with van der Waals surface area (Å²) in [5.74, 6) is -0.165. The van der Waals surface area contributed by atoms with E-state index in [0.717, 1.165) is 30.6 Å². The molecule has 0 aliphatic carbocycles. The van der Waals surface area contributed by atoms with Gasteiger partial charge in [-0.25, -0.2) is 4.39 Å². The molecule has 110 valence electrons. The first kappa shape index (κ1) is 14.2. The largest absolute Gasteiger partial charge is 0.335 e. The number of carbonyl (C=O) groups is 1. The number of aryl methyl sites for hydroxylation is 1. The smallest absolute Gasteiger partial charge is 0.256 e. The molecule has 0 spiro atoms. The first-order chi connectivity index (χ1) is 10.1. The molecule has 21 heavy (non-hydrogen) atoms. The normalized spacial score (nSPS) is 18.2. The molecule has 1 unspecified atom stereocenters. The zero-order chi connectivity index (χ0) is 14.8. The summed E-state index contributed by atoms with van der Waals surface area (Å²) in [4.78, 5) is 14.5. The molecule has 0 N–H and O–H groups in total. The number of halogens is 1. The van der Waals surface area contributed by atoms with Gasteiger partial charge in [0.1, 0.15) is 5.82 Å². The van der Waals surface area contributed by atoms with E-state index < -0.39 is 0 Å². The minimum atomic E-state index is -0.221. The molecule has 1 aliphatic heterocycles. The van der Waals surface area contributed by atoms with Crippen LogP contribution in [0.3, 0.4) is 0 Å². The standard InChI is InChI=1S/C16H17FN2OS/c1-11-15(10-21-18-11)16(20)19-7-3-6-14(19)9-12-4-2-5-13(17)8-12/h2,4-5,8,10,14H,3,6-7,9H2,1H3. The maximum Gasteiger partial charge on any atom is 0.256 e. The van der Waals surface area contributed by atoms with Gasteiger partial charge >= 0.3 is 0 Å². The minimum Gasteiger partial charge on any atom is -0.335 e. The van der Waals surface area contributed by atoms with Crippen molar-refractivity contribution in [3.05, 3.63) is 52.3 Å². The van der Waals surface area contributed by atoms with Crippen molar-refractivity contribution < 1.29 is 9.18 Å². The molecule has 2 aromatic rings. The van der Waals surface area contributed by atoms with E-state index in [-0.39, 0.29) is 17.8 Å². The van der Waals surface area contributed by atoms with E-state index in [4.69, 9.17) is 0 Å². The minimum absolute atomic E-state index is 0.0557. The molecule has 3 nitrogen and oxygen atoms in total. The Labute approximate surface area is 127 Å². The summed E-state index contributed by atoms with van der Waals surface area (Å²) < 4.78 is 17.5. The number of amides is 1.